The number of likely N-dealkylation sites (N-methyl/N-ethyl adjacent to an activating group) is 1. The van der Waals surface area contributed by atoms with E-state index in [2.05, 4.69) is 5.32 Å². The molecule has 0 heterocycles. The summed E-state index contributed by atoms with van der Waals surface area (Å²) >= 11 is 1.46. The van der Waals surface area contributed by atoms with Crippen LogP contribution >= 0.6 is 11.8 Å². The lowest BCUT2D eigenvalue weighted by Crippen LogP contribution is -2.35. The Morgan fingerprint density at radius 2 is 1.75 bits per heavy atom. The Balaban J connectivity index is 1.78. The molecule has 2 aromatic carbocycles. The van der Waals surface area contributed by atoms with Crippen LogP contribution in [0, 0.1) is 0 Å². The Morgan fingerprint density at radius 1 is 1.08 bits per heavy atom. The molecule has 0 bridgehead atoms. The van der Waals surface area contributed by atoms with Crippen molar-refractivity contribution in [3.63, 3.8) is 0 Å². The van der Waals surface area contributed by atoms with Crippen LogP contribution in [0.3, 0.4) is 0 Å². The van der Waals surface area contributed by atoms with E-state index in [9.17, 15) is 9.59 Å². The van der Waals surface area contributed by atoms with Crippen LogP contribution in [-0.4, -0.2) is 43.2 Å². The van der Waals surface area contributed by atoms with Gasteiger partial charge in [-0.3, -0.25) is 9.59 Å². The average molecular weight is 344 g/mol. The van der Waals surface area contributed by atoms with E-state index in [1.165, 1.54) is 16.7 Å². The number of hydrogen-bond acceptors (Lipinski definition) is 4. The number of thioether (sulfide) groups is 1. The Hall–Kier alpha value is -2.47. The number of amides is 2. The highest BCUT2D eigenvalue weighted by molar-refractivity contribution is 8.00. The summed E-state index contributed by atoms with van der Waals surface area (Å²) in [5.41, 5.74) is 0.667. The van der Waals surface area contributed by atoms with Crippen molar-refractivity contribution >= 4 is 29.3 Å². The number of anilines is 1. The molecule has 2 amide bonds. The average Bonchev–Trinajstić information content (AvgIpc) is 2.61. The molecule has 1 N–H and O–H groups in total. The standard InChI is InChI=1S/C18H20N2O3S/c1-20(18(22)13-24-16-6-4-3-5-7-16)12-17(21)19-14-8-10-15(23-2)11-9-14/h3-11H,12-13H2,1-2H3,(H,19,21). The molecule has 0 aliphatic carbocycles. The molecule has 0 radical (unpaired) electrons. The van der Waals surface area contributed by atoms with Crippen LogP contribution < -0.4 is 10.1 Å². The van der Waals surface area contributed by atoms with Crippen LogP contribution in [0.1, 0.15) is 0 Å². The molecule has 0 saturated carbocycles. The van der Waals surface area contributed by atoms with Crippen molar-refractivity contribution in [1.82, 2.24) is 4.90 Å². The highest BCUT2D eigenvalue weighted by Crippen LogP contribution is 2.17. The lowest BCUT2D eigenvalue weighted by Gasteiger charge is -2.16. The van der Waals surface area contributed by atoms with E-state index in [0.29, 0.717) is 11.4 Å². The second-order valence-electron chi connectivity index (χ2n) is 5.13. The third-order valence-electron chi connectivity index (χ3n) is 3.29. The molecular weight excluding hydrogens is 324 g/mol. The molecule has 0 aromatic heterocycles. The van der Waals surface area contributed by atoms with Crippen LogP contribution in [0.25, 0.3) is 0 Å². The van der Waals surface area contributed by atoms with Gasteiger partial charge in [0.15, 0.2) is 0 Å². The molecule has 0 fully saturated rings. The highest BCUT2D eigenvalue weighted by atomic mass is 32.2. The molecule has 2 aromatic rings. The fourth-order valence-corrected chi connectivity index (χ4v) is 2.81. The van der Waals surface area contributed by atoms with Gasteiger partial charge in [-0.15, -0.1) is 11.8 Å². The van der Waals surface area contributed by atoms with Gasteiger partial charge in [-0.25, -0.2) is 0 Å². The third-order valence-corrected chi connectivity index (χ3v) is 4.28. The maximum absolute atomic E-state index is 12.1. The van der Waals surface area contributed by atoms with Crippen LogP contribution in [0.5, 0.6) is 5.75 Å². The minimum Gasteiger partial charge on any atom is -0.497 e. The van der Waals surface area contributed by atoms with Crippen LogP contribution in [-0.2, 0) is 9.59 Å². The molecule has 5 nitrogen and oxygen atoms in total. The van der Waals surface area contributed by atoms with Gasteiger partial charge in [0.25, 0.3) is 0 Å². The van der Waals surface area contributed by atoms with E-state index in [1.807, 2.05) is 30.3 Å². The summed E-state index contributed by atoms with van der Waals surface area (Å²) in [5, 5.41) is 2.76. The first-order valence-corrected chi connectivity index (χ1v) is 8.43. The molecular formula is C18H20N2O3S. The van der Waals surface area contributed by atoms with Gasteiger partial charge in [-0.1, -0.05) is 18.2 Å². The Labute approximate surface area is 146 Å². The maximum Gasteiger partial charge on any atom is 0.243 e. The van der Waals surface area contributed by atoms with E-state index in [1.54, 1.807) is 38.4 Å². The van der Waals surface area contributed by atoms with Gasteiger partial charge < -0.3 is 15.0 Å². The summed E-state index contributed by atoms with van der Waals surface area (Å²) < 4.78 is 5.07. The molecule has 6 heteroatoms. The summed E-state index contributed by atoms with van der Waals surface area (Å²) in [6.45, 7) is 0.0141. The van der Waals surface area contributed by atoms with E-state index in [4.69, 9.17) is 4.74 Å². The monoisotopic (exact) mass is 344 g/mol. The van der Waals surface area contributed by atoms with Gasteiger partial charge in [-0.2, -0.15) is 0 Å². The highest BCUT2D eigenvalue weighted by Gasteiger charge is 2.13. The fraction of sp³-hybridized carbons (Fsp3) is 0.222. The molecule has 0 unspecified atom stereocenters. The number of carbonyl (C=O) groups excluding carboxylic acids is 2. The molecule has 2 rings (SSSR count). The number of methoxy groups -OCH3 is 1. The first kappa shape index (κ1) is 17.9. The number of hydrogen-bond donors (Lipinski definition) is 1. The SMILES string of the molecule is COc1ccc(NC(=O)CN(C)C(=O)CSc2ccccc2)cc1. The molecule has 24 heavy (non-hydrogen) atoms. The maximum atomic E-state index is 12.1. The van der Waals surface area contributed by atoms with Crippen molar-refractivity contribution in [3.8, 4) is 5.75 Å². The van der Waals surface area contributed by atoms with E-state index in [0.717, 1.165) is 10.6 Å². The Bertz CT molecular complexity index is 674. The predicted molar refractivity (Wildman–Crippen MR) is 96.4 cm³/mol. The predicted octanol–water partition coefficient (Wildman–Crippen LogP) is 2.88. The minimum atomic E-state index is -0.235. The topological polar surface area (TPSA) is 58.6 Å². The number of benzene rings is 2. The van der Waals surface area contributed by atoms with E-state index < -0.39 is 0 Å². The number of nitrogens with one attached hydrogen (secondary N) is 1. The Morgan fingerprint density at radius 3 is 2.38 bits per heavy atom. The lowest BCUT2D eigenvalue weighted by atomic mass is 10.3. The number of rotatable bonds is 7. The number of carbonyl (C=O) groups is 2. The second kappa shape index (κ2) is 8.98. The quantitative estimate of drug-likeness (QED) is 0.785. The summed E-state index contributed by atoms with van der Waals surface area (Å²) in [7, 11) is 3.21. The minimum absolute atomic E-state index is 0.0141. The van der Waals surface area contributed by atoms with Crippen molar-refractivity contribution < 1.29 is 14.3 Å². The normalized spacial score (nSPS) is 10.1. The first-order chi connectivity index (χ1) is 11.6. The molecule has 126 valence electrons. The smallest absolute Gasteiger partial charge is 0.243 e. The van der Waals surface area contributed by atoms with Crippen molar-refractivity contribution in [2.75, 3.05) is 31.8 Å². The van der Waals surface area contributed by atoms with Crippen molar-refractivity contribution in [2.45, 2.75) is 4.90 Å². The molecule has 0 spiro atoms. The fourth-order valence-electron chi connectivity index (χ4n) is 1.95. The number of ether oxygens (including phenoxy) is 1. The lowest BCUT2D eigenvalue weighted by molar-refractivity contribution is -0.131. The van der Waals surface area contributed by atoms with Crippen LogP contribution in [0.4, 0.5) is 5.69 Å². The molecule has 0 aliphatic rings. The largest absolute Gasteiger partial charge is 0.497 e. The number of nitrogens with zero attached hydrogens (tertiary/aromatic N) is 1. The van der Waals surface area contributed by atoms with Gasteiger partial charge in [0.1, 0.15) is 5.75 Å². The Kier molecular flexibility index (Phi) is 6.69. The second-order valence-corrected chi connectivity index (χ2v) is 6.18. The van der Waals surface area contributed by atoms with Crippen LogP contribution in [0.15, 0.2) is 59.5 Å². The van der Waals surface area contributed by atoms with Crippen molar-refractivity contribution in [3.05, 3.63) is 54.6 Å². The molecule has 0 aliphatic heterocycles. The van der Waals surface area contributed by atoms with Crippen LogP contribution in [0.2, 0.25) is 0 Å². The zero-order valence-corrected chi connectivity index (χ0v) is 14.5. The zero-order chi connectivity index (χ0) is 17.4. The van der Waals surface area contributed by atoms with Crippen molar-refractivity contribution in [1.29, 1.82) is 0 Å². The molecule has 0 saturated heterocycles. The summed E-state index contributed by atoms with van der Waals surface area (Å²) in [6, 6.07) is 16.7. The van der Waals surface area contributed by atoms with Gasteiger partial charge in [0, 0.05) is 17.6 Å². The third kappa shape index (κ3) is 5.62. The molecule has 0 atom stereocenters. The van der Waals surface area contributed by atoms with E-state index in [-0.39, 0.29) is 18.4 Å². The van der Waals surface area contributed by atoms with Gasteiger partial charge in [0.05, 0.1) is 19.4 Å². The summed E-state index contributed by atoms with van der Waals surface area (Å²) in [6.07, 6.45) is 0. The first-order valence-electron chi connectivity index (χ1n) is 7.44. The van der Waals surface area contributed by atoms with Gasteiger partial charge in [-0.05, 0) is 36.4 Å². The summed E-state index contributed by atoms with van der Waals surface area (Å²) in [4.78, 5) is 26.6. The summed E-state index contributed by atoms with van der Waals surface area (Å²) in [5.74, 6) is 0.698. The zero-order valence-electron chi connectivity index (χ0n) is 13.7. The van der Waals surface area contributed by atoms with Gasteiger partial charge >= 0.3 is 0 Å². The van der Waals surface area contributed by atoms with E-state index >= 15 is 0 Å². The van der Waals surface area contributed by atoms with Crippen molar-refractivity contribution in [2.24, 2.45) is 0 Å². The van der Waals surface area contributed by atoms with Gasteiger partial charge in [0.2, 0.25) is 11.8 Å².